The van der Waals surface area contributed by atoms with E-state index in [0.29, 0.717) is 56.3 Å². The molecule has 2 aromatic heterocycles. The number of nitrogens with zero attached hydrogens (tertiary/aromatic N) is 5. The number of alkyl halides is 3. The molecule has 4 heterocycles. The first-order chi connectivity index (χ1) is 21.5. The minimum absolute atomic E-state index is 0.00719. The molecular weight excluding hydrogens is 613 g/mol. The summed E-state index contributed by atoms with van der Waals surface area (Å²) in [4.78, 5) is 53.7. The maximum atomic E-state index is 14.1. The minimum atomic E-state index is -4.60. The number of carbonyl (C=O) groups excluding carboxylic acids is 3. The lowest BCUT2D eigenvalue weighted by Crippen LogP contribution is -2.37. The molecule has 0 spiro atoms. The van der Waals surface area contributed by atoms with Crippen molar-refractivity contribution in [2.24, 2.45) is 5.92 Å². The average Bonchev–Trinajstić information content (AvgIpc) is 3.70. The summed E-state index contributed by atoms with van der Waals surface area (Å²) in [5.41, 5.74) is -0.311. The molecule has 0 unspecified atom stereocenters. The predicted molar refractivity (Wildman–Crippen MR) is 161 cm³/mol. The van der Waals surface area contributed by atoms with Gasteiger partial charge in [0.15, 0.2) is 5.13 Å². The first-order valence-electron chi connectivity index (χ1n) is 14.7. The smallest absolute Gasteiger partial charge is 0.418 e. The van der Waals surface area contributed by atoms with Crippen LogP contribution < -0.4 is 15.1 Å². The quantitative estimate of drug-likeness (QED) is 0.306. The summed E-state index contributed by atoms with van der Waals surface area (Å²) in [6.45, 7) is 5.38. The van der Waals surface area contributed by atoms with E-state index in [1.165, 1.54) is 25.4 Å². The summed E-state index contributed by atoms with van der Waals surface area (Å²) in [5, 5.41) is 2.74. The summed E-state index contributed by atoms with van der Waals surface area (Å²) < 4.78 is 52.7. The first-order valence-corrected chi connectivity index (χ1v) is 15.5. The fourth-order valence-corrected chi connectivity index (χ4v) is 6.30. The average molecular weight is 647 g/mol. The van der Waals surface area contributed by atoms with Crippen molar-refractivity contribution in [1.29, 1.82) is 0 Å². The van der Waals surface area contributed by atoms with E-state index in [0.717, 1.165) is 30.2 Å². The monoisotopic (exact) mass is 646 g/mol. The summed E-state index contributed by atoms with van der Waals surface area (Å²) >= 11 is 0.988. The summed E-state index contributed by atoms with van der Waals surface area (Å²) in [6.07, 6.45) is 1.08. The number of aromatic nitrogens is 3. The van der Waals surface area contributed by atoms with Crippen molar-refractivity contribution in [2.75, 3.05) is 47.9 Å². The molecule has 2 fully saturated rings. The molecule has 0 atom stereocenters. The van der Waals surface area contributed by atoms with Crippen molar-refractivity contribution in [3.63, 3.8) is 0 Å². The van der Waals surface area contributed by atoms with Crippen LogP contribution in [0.4, 0.5) is 29.8 Å². The van der Waals surface area contributed by atoms with Crippen LogP contribution >= 0.6 is 11.3 Å². The van der Waals surface area contributed by atoms with Crippen LogP contribution in [0, 0.1) is 5.92 Å². The Morgan fingerprint density at radius 2 is 1.76 bits per heavy atom. The largest absolute Gasteiger partial charge is 0.466 e. The zero-order chi connectivity index (χ0) is 32.1. The number of piperidine rings is 1. The van der Waals surface area contributed by atoms with E-state index in [1.54, 1.807) is 17.9 Å². The number of hydrogen-bond acceptors (Lipinski definition) is 11. The van der Waals surface area contributed by atoms with Gasteiger partial charge < -0.3 is 19.3 Å². The third-order valence-corrected chi connectivity index (χ3v) is 8.60. The molecule has 2 aliphatic heterocycles. The second kappa shape index (κ2) is 13.8. The van der Waals surface area contributed by atoms with Crippen molar-refractivity contribution in [3.8, 4) is 11.3 Å². The number of carbonyl (C=O) groups is 3. The van der Waals surface area contributed by atoms with E-state index in [-0.39, 0.29) is 46.3 Å². The van der Waals surface area contributed by atoms with Gasteiger partial charge >= 0.3 is 18.1 Å². The Morgan fingerprint density at radius 1 is 1.02 bits per heavy atom. The number of thiazole rings is 1. The molecular formula is C30H33F3N6O5S. The van der Waals surface area contributed by atoms with Gasteiger partial charge in [-0.15, -0.1) is 0 Å². The topological polar surface area (TPSA) is 127 Å². The number of hydrogen-bond donors (Lipinski definition) is 1. The Balaban J connectivity index is 1.33. The van der Waals surface area contributed by atoms with Gasteiger partial charge in [-0.2, -0.15) is 13.2 Å². The molecule has 3 aromatic rings. The number of anilines is 3. The van der Waals surface area contributed by atoms with Gasteiger partial charge in [0.1, 0.15) is 18.1 Å². The number of ether oxygens (including phenoxy) is 2. The molecule has 15 heteroatoms. The van der Waals surface area contributed by atoms with E-state index in [1.807, 2.05) is 4.90 Å². The highest BCUT2D eigenvalue weighted by Gasteiger charge is 2.36. The van der Waals surface area contributed by atoms with E-state index < -0.39 is 23.6 Å². The Bertz CT molecular complexity index is 1530. The van der Waals surface area contributed by atoms with Crippen LogP contribution in [-0.4, -0.2) is 65.6 Å². The number of rotatable bonds is 9. The van der Waals surface area contributed by atoms with Crippen molar-refractivity contribution < 1.29 is 37.0 Å². The molecule has 0 radical (unpaired) electrons. The molecule has 0 saturated carbocycles. The van der Waals surface area contributed by atoms with E-state index >= 15 is 0 Å². The number of benzene rings is 1. The van der Waals surface area contributed by atoms with Crippen molar-refractivity contribution in [1.82, 2.24) is 15.0 Å². The van der Waals surface area contributed by atoms with Crippen LogP contribution in [0.3, 0.4) is 0 Å². The van der Waals surface area contributed by atoms with Crippen molar-refractivity contribution in [3.05, 3.63) is 46.7 Å². The zero-order valence-electron chi connectivity index (χ0n) is 24.9. The second-order valence-electron chi connectivity index (χ2n) is 10.7. The predicted octanol–water partition coefficient (Wildman–Crippen LogP) is 5.31. The van der Waals surface area contributed by atoms with Gasteiger partial charge in [0.2, 0.25) is 0 Å². The maximum Gasteiger partial charge on any atom is 0.418 e. The first kappa shape index (κ1) is 32.1. The van der Waals surface area contributed by atoms with Gasteiger partial charge in [-0.25, -0.2) is 15.0 Å². The Morgan fingerprint density at radius 3 is 2.38 bits per heavy atom. The molecule has 1 amide bonds. The van der Waals surface area contributed by atoms with Crippen LogP contribution in [0.15, 0.2) is 30.6 Å². The lowest BCUT2D eigenvalue weighted by molar-refractivity contribution is -0.148. The van der Waals surface area contributed by atoms with Gasteiger partial charge in [-0.1, -0.05) is 17.4 Å². The van der Waals surface area contributed by atoms with Crippen molar-refractivity contribution in [2.45, 2.75) is 52.3 Å². The molecule has 0 aliphatic carbocycles. The summed E-state index contributed by atoms with van der Waals surface area (Å²) in [6, 6.07) is 4.04. The third-order valence-electron chi connectivity index (χ3n) is 7.66. The van der Waals surface area contributed by atoms with Gasteiger partial charge in [-0.05, 0) is 44.7 Å². The van der Waals surface area contributed by atoms with E-state index in [9.17, 15) is 27.6 Å². The summed E-state index contributed by atoms with van der Waals surface area (Å²) in [5.74, 6) is -0.977. The third kappa shape index (κ3) is 7.70. The molecule has 2 aliphatic rings. The van der Waals surface area contributed by atoms with Crippen molar-refractivity contribution >= 4 is 45.8 Å². The Labute approximate surface area is 261 Å². The molecule has 5 rings (SSSR count). The van der Waals surface area contributed by atoms with E-state index in [4.69, 9.17) is 9.47 Å². The molecule has 1 aromatic carbocycles. The minimum Gasteiger partial charge on any atom is -0.466 e. The standard InChI is InChI=1S/C30H33F3N6O5S/c1-3-43-28(42)19-8-12-39(13-9-19)25-16-34-22(15-35-25)27(41)37-29-36-26(24(45-29)17-44-18(2)40)20-6-7-23(38-10-4-5-11-38)21(14-20)30(31,32)33/h6-7,14-16,19H,3-5,8-13,17H2,1-2H3,(H,36,37,41). The second-order valence-corrected chi connectivity index (χ2v) is 11.8. The number of amides is 1. The van der Waals surface area contributed by atoms with Crippen LogP contribution in [0.1, 0.15) is 60.5 Å². The Kier molecular flexibility index (Phi) is 9.85. The molecule has 45 heavy (non-hydrogen) atoms. The Hall–Kier alpha value is -4.27. The molecule has 240 valence electrons. The van der Waals surface area contributed by atoms with Crippen LogP contribution in [0.2, 0.25) is 0 Å². The van der Waals surface area contributed by atoms with Gasteiger partial charge in [0.25, 0.3) is 5.91 Å². The highest BCUT2D eigenvalue weighted by Crippen LogP contribution is 2.41. The fourth-order valence-electron chi connectivity index (χ4n) is 5.41. The van der Waals surface area contributed by atoms with Gasteiger partial charge in [0.05, 0.1) is 41.1 Å². The lowest BCUT2D eigenvalue weighted by Gasteiger charge is -2.31. The van der Waals surface area contributed by atoms with Crippen LogP contribution in [0.25, 0.3) is 11.3 Å². The van der Waals surface area contributed by atoms with Crippen LogP contribution in [-0.2, 0) is 31.8 Å². The number of halogens is 3. The zero-order valence-corrected chi connectivity index (χ0v) is 25.7. The van der Waals surface area contributed by atoms with Gasteiger partial charge in [-0.3, -0.25) is 19.7 Å². The summed E-state index contributed by atoms with van der Waals surface area (Å²) in [7, 11) is 0. The fraction of sp³-hybridized carbons (Fsp3) is 0.467. The number of nitrogens with one attached hydrogen (secondary N) is 1. The molecule has 11 nitrogen and oxygen atoms in total. The highest BCUT2D eigenvalue weighted by molar-refractivity contribution is 7.16. The molecule has 0 bridgehead atoms. The molecule has 2 saturated heterocycles. The van der Waals surface area contributed by atoms with E-state index in [2.05, 4.69) is 20.3 Å². The van der Waals surface area contributed by atoms with Crippen LogP contribution in [0.5, 0.6) is 0 Å². The van der Waals surface area contributed by atoms with Gasteiger partial charge in [0, 0.05) is 44.4 Å². The highest BCUT2D eigenvalue weighted by atomic mass is 32.1. The lowest BCUT2D eigenvalue weighted by atomic mass is 9.97. The molecule has 1 N–H and O–H groups in total. The number of esters is 2. The SMILES string of the molecule is CCOC(=O)C1CCN(c2cnc(C(=O)Nc3nc(-c4ccc(N5CCCC5)c(C(F)(F)F)c4)c(COC(C)=O)s3)cn2)CC1. The maximum absolute atomic E-state index is 14.1. The normalized spacial score (nSPS) is 15.7.